The molecule has 0 radical (unpaired) electrons. The Morgan fingerprint density at radius 1 is 1.00 bits per heavy atom. The van der Waals surface area contributed by atoms with Crippen LogP contribution in [0, 0.1) is 6.92 Å². The number of hydrogen-bond acceptors (Lipinski definition) is 5. The van der Waals surface area contributed by atoms with Crippen LogP contribution in [0.25, 0.3) is 33.1 Å². The number of aliphatic hydroxyl groups excluding tert-OH is 1. The van der Waals surface area contributed by atoms with Gasteiger partial charge in [-0.05, 0) is 42.3 Å². The zero-order chi connectivity index (χ0) is 20.5. The van der Waals surface area contributed by atoms with Gasteiger partial charge in [-0.3, -0.25) is 0 Å². The molecule has 0 saturated carbocycles. The average Bonchev–Trinajstić information content (AvgIpc) is 3.20. The van der Waals surface area contributed by atoms with Crippen LogP contribution in [0.1, 0.15) is 17.3 Å². The number of anilines is 1. The van der Waals surface area contributed by atoms with Crippen molar-refractivity contribution >= 4 is 27.8 Å². The second-order valence-corrected chi connectivity index (χ2v) is 7.30. The van der Waals surface area contributed by atoms with Crippen molar-refractivity contribution < 1.29 is 5.11 Å². The van der Waals surface area contributed by atoms with Gasteiger partial charge in [0, 0.05) is 28.2 Å². The van der Waals surface area contributed by atoms with Crippen molar-refractivity contribution in [1.82, 2.24) is 19.9 Å². The lowest BCUT2D eigenvalue weighted by Crippen LogP contribution is -2.16. The number of aromatic amines is 1. The maximum atomic E-state index is 9.94. The van der Waals surface area contributed by atoms with Crippen molar-refractivity contribution in [2.75, 3.05) is 11.9 Å². The molecule has 6 heteroatoms. The van der Waals surface area contributed by atoms with Crippen molar-refractivity contribution in [2.24, 2.45) is 0 Å². The summed E-state index contributed by atoms with van der Waals surface area (Å²) in [6.45, 7) is 1.94. The van der Waals surface area contributed by atoms with Crippen LogP contribution >= 0.6 is 0 Å². The van der Waals surface area contributed by atoms with E-state index in [-0.39, 0.29) is 12.6 Å². The molecule has 0 aliphatic heterocycles. The standard InChI is InChI=1S/C24H21N5O/c1-15-7-9-18-20(12-25-23(18)28-15)17-8-10-21-19(11-17)24(27-14-26-21)29-22(13-30)16-5-3-2-4-6-16/h2-12,14,22,30H,13H2,1H3,(H,25,28)(H,26,27,29). The Bertz CT molecular complexity index is 1330. The van der Waals surface area contributed by atoms with E-state index in [2.05, 4.69) is 43.5 Å². The van der Waals surface area contributed by atoms with Crippen LogP contribution in [0.5, 0.6) is 0 Å². The second-order valence-electron chi connectivity index (χ2n) is 7.30. The van der Waals surface area contributed by atoms with Crippen LogP contribution in [0.3, 0.4) is 0 Å². The molecule has 5 aromatic rings. The Morgan fingerprint density at radius 2 is 1.87 bits per heavy atom. The van der Waals surface area contributed by atoms with Crippen LogP contribution < -0.4 is 5.32 Å². The minimum absolute atomic E-state index is 0.0390. The number of pyridine rings is 1. The zero-order valence-corrected chi connectivity index (χ0v) is 16.5. The number of nitrogens with zero attached hydrogens (tertiary/aromatic N) is 3. The molecule has 0 fully saturated rings. The number of nitrogens with one attached hydrogen (secondary N) is 2. The highest BCUT2D eigenvalue weighted by Crippen LogP contribution is 2.32. The second kappa shape index (κ2) is 7.57. The summed E-state index contributed by atoms with van der Waals surface area (Å²) in [4.78, 5) is 16.7. The molecule has 0 amide bonds. The molecule has 0 aliphatic carbocycles. The first kappa shape index (κ1) is 18.3. The summed E-state index contributed by atoms with van der Waals surface area (Å²) in [5.41, 5.74) is 5.83. The van der Waals surface area contributed by atoms with E-state index >= 15 is 0 Å². The molecule has 6 nitrogen and oxygen atoms in total. The van der Waals surface area contributed by atoms with Gasteiger partial charge >= 0.3 is 0 Å². The van der Waals surface area contributed by atoms with Gasteiger partial charge in [-0.15, -0.1) is 0 Å². The number of H-pyrrole nitrogens is 1. The monoisotopic (exact) mass is 395 g/mol. The Labute approximate surface area is 173 Å². The van der Waals surface area contributed by atoms with Crippen molar-refractivity contribution in [2.45, 2.75) is 13.0 Å². The van der Waals surface area contributed by atoms with Crippen LogP contribution in [0.4, 0.5) is 5.82 Å². The van der Waals surface area contributed by atoms with Crippen LogP contribution in [-0.4, -0.2) is 31.6 Å². The fourth-order valence-electron chi connectivity index (χ4n) is 3.77. The number of aliphatic hydroxyl groups is 1. The third-order valence-corrected chi connectivity index (χ3v) is 5.32. The molecule has 1 atom stereocenters. The molecule has 2 aromatic carbocycles. The van der Waals surface area contributed by atoms with Gasteiger partial charge in [0.25, 0.3) is 0 Å². The predicted octanol–water partition coefficient (Wildman–Crippen LogP) is 4.63. The van der Waals surface area contributed by atoms with Gasteiger partial charge in [0.2, 0.25) is 0 Å². The maximum Gasteiger partial charge on any atom is 0.138 e. The third kappa shape index (κ3) is 3.27. The summed E-state index contributed by atoms with van der Waals surface area (Å²) >= 11 is 0. The topological polar surface area (TPSA) is 86.7 Å². The lowest BCUT2D eigenvalue weighted by Gasteiger charge is -2.18. The van der Waals surface area contributed by atoms with Gasteiger partial charge in [0.05, 0.1) is 18.2 Å². The van der Waals surface area contributed by atoms with E-state index in [4.69, 9.17) is 0 Å². The van der Waals surface area contributed by atoms with E-state index in [1.54, 1.807) is 6.33 Å². The number of aromatic nitrogens is 4. The van der Waals surface area contributed by atoms with Crippen molar-refractivity contribution in [3.63, 3.8) is 0 Å². The van der Waals surface area contributed by atoms with Gasteiger partial charge < -0.3 is 15.4 Å². The summed E-state index contributed by atoms with van der Waals surface area (Å²) in [7, 11) is 0. The van der Waals surface area contributed by atoms with Crippen LogP contribution in [-0.2, 0) is 0 Å². The smallest absolute Gasteiger partial charge is 0.138 e. The molecule has 30 heavy (non-hydrogen) atoms. The molecule has 3 N–H and O–H groups in total. The largest absolute Gasteiger partial charge is 0.394 e. The quantitative estimate of drug-likeness (QED) is 0.404. The van der Waals surface area contributed by atoms with E-state index in [1.807, 2.05) is 55.6 Å². The van der Waals surface area contributed by atoms with Gasteiger partial charge in [-0.1, -0.05) is 36.4 Å². The molecule has 0 saturated heterocycles. The minimum atomic E-state index is -0.256. The molecule has 3 aromatic heterocycles. The lowest BCUT2D eigenvalue weighted by atomic mass is 10.0. The number of fused-ring (bicyclic) bond motifs is 2. The molecule has 3 heterocycles. The Hall–Kier alpha value is -3.77. The molecule has 0 spiro atoms. The normalized spacial score (nSPS) is 12.3. The fraction of sp³-hybridized carbons (Fsp3) is 0.125. The van der Waals surface area contributed by atoms with E-state index in [1.165, 1.54) is 0 Å². The van der Waals surface area contributed by atoms with E-state index in [9.17, 15) is 5.11 Å². The first-order valence-electron chi connectivity index (χ1n) is 9.85. The fourth-order valence-corrected chi connectivity index (χ4v) is 3.77. The molecule has 0 aliphatic rings. The highest BCUT2D eigenvalue weighted by molar-refractivity contribution is 5.98. The molecule has 0 bridgehead atoms. The zero-order valence-electron chi connectivity index (χ0n) is 16.5. The molecular weight excluding hydrogens is 374 g/mol. The molecule has 1 unspecified atom stereocenters. The van der Waals surface area contributed by atoms with Gasteiger partial charge in [-0.25, -0.2) is 15.0 Å². The summed E-state index contributed by atoms with van der Waals surface area (Å²) in [5, 5.41) is 15.3. The van der Waals surface area contributed by atoms with Crippen molar-refractivity contribution in [3.8, 4) is 11.1 Å². The van der Waals surface area contributed by atoms with Crippen molar-refractivity contribution in [1.29, 1.82) is 0 Å². The lowest BCUT2D eigenvalue weighted by molar-refractivity contribution is 0.276. The van der Waals surface area contributed by atoms with Gasteiger partial charge in [-0.2, -0.15) is 0 Å². The van der Waals surface area contributed by atoms with Crippen LogP contribution in [0.15, 0.2) is 73.2 Å². The summed E-state index contributed by atoms with van der Waals surface area (Å²) in [6, 6.07) is 19.8. The average molecular weight is 395 g/mol. The highest BCUT2D eigenvalue weighted by Gasteiger charge is 2.14. The third-order valence-electron chi connectivity index (χ3n) is 5.32. The van der Waals surface area contributed by atoms with Crippen LogP contribution in [0.2, 0.25) is 0 Å². The Kier molecular flexibility index (Phi) is 4.61. The molecule has 5 rings (SSSR count). The number of hydrogen-bond donors (Lipinski definition) is 3. The van der Waals surface area contributed by atoms with Crippen molar-refractivity contribution in [3.05, 3.63) is 84.4 Å². The SMILES string of the molecule is Cc1ccc2c(-c3ccc4ncnc(NC(CO)c5ccccc5)c4c3)c[nH]c2n1. The Balaban J connectivity index is 1.58. The summed E-state index contributed by atoms with van der Waals surface area (Å²) in [6.07, 6.45) is 3.53. The number of aryl methyl sites for hydroxylation is 1. The summed E-state index contributed by atoms with van der Waals surface area (Å²) in [5.74, 6) is 0.693. The molecule has 148 valence electrons. The van der Waals surface area contributed by atoms with E-state index < -0.39 is 0 Å². The highest BCUT2D eigenvalue weighted by atomic mass is 16.3. The minimum Gasteiger partial charge on any atom is -0.394 e. The maximum absolute atomic E-state index is 9.94. The van der Waals surface area contributed by atoms with Gasteiger partial charge in [0.1, 0.15) is 17.8 Å². The summed E-state index contributed by atoms with van der Waals surface area (Å²) < 4.78 is 0. The number of rotatable bonds is 5. The van der Waals surface area contributed by atoms with Gasteiger partial charge in [0.15, 0.2) is 0 Å². The first-order chi connectivity index (χ1) is 14.7. The molecular formula is C24H21N5O. The first-order valence-corrected chi connectivity index (χ1v) is 9.85. The number of benzene rings is 2. The Morgan fingerprint density at radius 3 is 2.70 bits per heavy atom. The predicted molar refractivity (Wildman–Crippen MR) is 119 cm³/mol. The van der Waals surface area contributed by atoms with E-state index in [0.717, 1.165) is 44.3 Å². The van der Waals surface area contributed by atoms with E-state index in [0.29, 0.717) is 5.82 Å².